The highest BCUT2D eigenvalue weighted by atomic mass is 16.6. The molecule has 3 aromatic rings. The molecule has 0 amide bonds. The molecule has 0 bridgehead atoms. The molecular formula is C16H12N2O4. The van der Waals surface area contributed by atoms with E-state index in [0.717, 1.165) is 5.56 Å². The zero-order chi connectivity index (χ0) is 15.7. The number of hydrogen-bond acceptors (Lipinski definition) is 5. The first-order chi connectivity index (χ1) is 10.6. The summed E-state index contributed by atoms with van der Waals surface area (Å²) in [6.45, 7) is 1.93. The molecule has 0 saturated heterocycles. The highest BCUT2D eigenvalue weighted by Crippen LogP contribution is 2.28. The standard InChI is InChI=1S/C16H12N2O4/c1-10-6-8-11(9-7-10)17-16-14(18(20)21)15(19)12-4-2-3-5-13(12)22-16/h2-9,17H,1H3. The summed E-state index contributed by atoms with van der Waals surface area (Å²) in [5.41, 5.74) is 0.695. The lowest BCUT2D eigenvalue weighted by atomic mass is 10.2. The second-order valence-electron chi connectivity index (χ2n) is 4.85. The minimum Gasteiger partial charge on any atom is -0.434 e. The Balaban J connectivity index is 2.19. The summed E-state index contributed by atoms with van der Waals surface area (Å²) in [6, 6.07) is 13.7. The van der Waals surface area contributed by atoms with Crippen LogP contribution < -0.4 is 10.7 Å². The van der Waals surface area contributed by atoms with Crippen LogP contribution >= 0.6 is 0 Å². The summed E-state index contributed by atoms with van der Waals surface area (Å²) in [7, 11) is 0. The SMILES string of the molecule is Cc1ccc(Nc2oc3ccccc3c(=O)c2[N+](=O)[O-])cc1. The molecule has 1 aromatic heterocycles. The Morgan fingerprint density at radius 1 is 1.09 bits per heavy atom. The van der Waals surface area contributed by atoms with Gasteiger partial charge >= 0.3 is 5.69 Å². The Labute approximate surface area is 125 Å². The first kappa shape index (κ1) is 13.8. The second kappa shape index (κ2) is 5.33. The van der Waals surface area contributed by atoms with E-state index in [9.17, 15) is 14.9 Å². The molecule has 0 radical (unpaired) electrons. The van der Waals surface area contributed by atoms with Crippen LogP contribution in [0.1, 0.15) is 5.56 Å². The van der Waals surface area contributed by atoms with Gasteiger partial charge in [0.25, 0.3) is 11.3 Å². The maximum Gasteiger partial charge on any atom is 0.376 e. The molecule has 1 N–H and O–H groups in total. The van der Waals surface area contributed by atoms with Gasteiger partial charge in [-0.3, -0.25) is 14.9 Å². The molecule has 1 heterocycles. The zero-order valence-electron chi connectivity index (χ0n) is 11.7. The monoisotopic (exact) mass is 296 g/mol. The molecule has 0 atom stereocenters. The van der Waals surface area contributed by atoms with E-state index in [-0.39, 0.29) is 11.3 Å². The van der Waals surface area contributed by atoms with Crippen molar-refractivity contribution in [1.82, 2.24) is 0 Å². The summed E-state index contributed by atoms with van der Waals surface area (Å²) in [5.74, 6) is -0.169. The van der Waals surface area contributed by atoms with Crippen molar-refractivity contribution >= 4 is 28.2 Å². The number of benzene rings is 2. The lowest BCUT2D eigenvalue weighted by Gasteiger charge is -2.07. The molecule has 0 aliphatic rings. The van der Waals surface area contributed by atoms with E-state index in [2.05, 4.69) is 5.32 Å². The van der Waals surface area contributed by atoms with Crippen LogP contribution in [0, 0.1) is 17.0 Å². The molecule has 0 spiro atoms. The Morgan fingerprint density at radius 3 is 2.45 bits per heavy atom. The van der Waals surface area contributed by atoms with E-state index >= 15 is 0 Å². The third-order valence-electron chi connectivity index (χ3n) is 3.27. The first-order valence-electron chi connectivity index (χ1n) is 6.60. The van der Waals surface area contributed by atoms with Crippen molar-refractivity contribution < 1.29 is 9.34 Å². The molecule has 0 aliphatic carbocycles. The van der Waals surface area contributed by atoms with Gasteiger partial charge in [0.1, 0.15) is 5.58 Å². The van der Waals surface area contributed by atoms with Gasteiger partial charge in [-0.15, -0.1) is 0 Å². The second-order valence-corrected chi connectivity index (χ2v) is 4.85. The lowest BCUT2D eigenvalue weighted by Crippen LogP contribution is -2.11. The molecule has 0 unspecified atom stereocenters. The van der Waals surface area contributed by atoms with Crippen LogP contribution in [0.3, 0.4) is 0 Å². The van der Waals surface area contributed by atoms with Crippen LogP contribution in [0.15, 0.2) is 57.7 Å². The van der Waals surface area contributed by atoms with E-state index in [1.54, 1.807) is 30.3 Å². The molecule has 0 aliphatic heterocycles. The fourth-order valence-corrected chi connectivity index (χ4v) is 2.15. The Morgan fingerprint density at radius 2 is 1.77 bits per heavy atom. The van der Waals surface area contributed by atoms with E-state index in [0.29, 0.717) is 11.3 Å². The van der Waals surface area contributed by atoms with Gasteiger partial charge in [0.2, 0.25) is 0 Å². The van der Waals surface area contributed by atoms with Gasteiger partial charge < -0.3 is 9.73 Å². The van der Waals surface area contributed by atoms with E-state index < -0.39 is 16.0 Å². The lowest BCUT2D eigenvalue weighted by molar-refractivity contribution is -0.385. The van der Waals surface area contributed by atoms with Crippen LogP contribution in [0.4, 0.5) is 17.3 Å². The largest absolute Gasteiger partial charge is 0.434 e. The van der Waals surface area contributed by atoms with Crippen LogP contribution in [0.5, 0.6) is 0 Å². The number of nitrogens with zero attached hydrogens (tertiary/aromatic N) is 1. The van der Waals surface area contributed by atoms with E-state index in [1.807, 2.05) is 19.1 Å². The molecular weight excluding hydrogens is 284 g/mol. The summed E-state index contributed by atoms with van der Waals surface area (Å²) in [4.78, 5) is 22.8. The number of aryl methyl sites for hydroxylation is 1. The number of hydrogen-bond donors (Lipinski definition) is 1. The molecule has 22 heavy (non-hydrogen) atoms. The van der Waals surface area contributed by atoms with Gasteiger partial charge in [0.15, 0.2) is 0 Å². The Kier molecular flexibility index (Phi) is 3.34. The van der Waals surface area contributed by atoms with Crippen LogP contribution in [-0.4, -0.2) is 4.92 Å². The smallest absolute Gasteiger partial charge is 0.376 e. The maximum absolute atomic E-state index is 12.3. The van der Waals surface area contributed by atoms with Gasteiger partial charge in [-0.1, -0.05) is 29.8 Å². The number of nitrogens with one attached hydrogen (secondary N) is 1. The van der Waals surface area contributed by atoms with E-state index in [4.69, 9.17) is 4.42 Å². The number of nitro groups is 1. The number of para-hydroxylation sites is 1. The molecule has 3 rings (SSSR count). The molecule has 6 nitrogen and oxygen atoms in total. The van der Waals surface area contributed by atoms with Crippen molar-refractivity contribution in [3.05, 3.63) is 74.4 Å². The number of anilines is 2. The average molecular weight is 296 g/mol. The van der Waals surface area contributed by atoms with Crippen molar-refractivity contribution in [2.24, 2.45) is 0 Å². The topological polar surface area (TPSA) is 85.4 Å². The maximum atomic E-state index is 12.3. The summed E-state index contributed by atoms with van der Waals surface area (Å²) >= 11 is 0. The van der Waals surface area contributed by atoms with Gasteiger partial charge in [0.05, 0.1) is 10.3 Å². The van der Waals surface area contributed by atoms with Crippen LogP contribution in [0.25, 0.3) is 11.0 Å². The molecule has 6 heteroatoms. The van der Waals surface area contributed by atoms with Gasteiger partial charge in [-0.2, -0.15) is 0 Å². The van der Waals surface area contributed by atoms with Crippen molar-refractivity contribution in [2.45, 2.75) is 6.92 Å². The van der Waals surface area contributed by atoms with Crippen LogP contribution in [0.2, 0.25) is 0 Å². The summed E-state index contributed by atoms with van der Waals surface area (Å²) in [5, 5.41) is 14.2. The Hall–Kier alpha value is -3.15. The molecule has 0 saturated carbocycles. The third-order valence-corrected chi connectivity index (χ3v) is 3.27. The fraction of sp³-hybridized carbons (Fsp3) is 0.0625. The fourth-order valence-electron chi connectivity index (χ4n) is 2.15. The molecule has 2 aromatic carbocycles. The van der Waals surface area contributed by atoms with Gasteiger partial charge in [0, 0.05) is 5.69 Å². The van der Waals surface area contributed by atoms with E-state index in [1.165, 1.54) is 6.07 Å². The minimum absolute atomic E-state index is 0.169. The van der Waals surface area contributed by atoms with Gasteiger partial charge in [-0.05, 0) is 31.2 Å². The molecule has 110 valence electrons. The highest BCUT2D eigenvalue weighted by Gasteiger charge is 2.24. The van der Waals surface area contributed by atoms with Gasteiger partial charge in [-0.25, -0.2) is 0 Å². The predicted molar refractivity (Wildman–Crippen MR) is 83.6 cm³/mol. The first-order valence-corrected chi connectivity index (χ1v) is 6.60. The normalized spacial score (nSPS) is 10.6. The predicted octanol–water partition coefficient (Wildman–Crippen LogP) is 3.75. The number of fused-ring (bicyclic) bond motifs is 1. The Bertz CT molecular complexity index is 914. The minimum atomic E-state index is -0.727. The average Bonchev–Trinajstić information content (AvgIpc) is 2.49. The molecule has 0 fully saturated rings. The highest BCUT2D eigenvalue weighted by molar-refractivity contribution is 5.82. The van der Waals surface area contributed by atoms with Crippen molar-refractivity contribution in [1.29, 1.82) is 0 Å². The summed E-state index contributed by atoms with van der Waals surface area (Å²) < 4.78 is 5.52. The zero-order valence-corrected chi connectivity index (χ0v) is 11.7. The third kappa shape index (κ3) is 2.42. The van der Waals surface area contributed by atoms with Crippen molar-refractivity contribution in [3.63, 3.8) is 0 Å². The van der Waals surface area contributed by atoms with Crippen molar-refractivity contribution in [3.8, 4) is 0 Å². The number of rotatable bonds is 3. The quantitative estimate of drug-likeness (QED) is 0.587. The summed E-state index contributed by atoms with van der Waals surface area (Å²) in [6.07, 6.45) is 0. The van der Waals surface area contributed by atoms with Crippen LogP contribution in [-0.2, 0) is 0 Å². The van der Waals surface area contributed by atoms with Crippen molar-refractivity contribution in [2.75, 3.05) is 5.32 Å².